The van der Waals surface area contributed by atoms with E-state index in [0.29, 0.717) is 13.2 Å². The van der Waals surface area contributed by atoms with Crippen LogP contribution < -0.4 is 14.8 Å². The second-order valence-corrected chi connectivity index (χ2v) is 5.90. The molecule has 1 heterocycles. The van der Waals surface area contributed by atoms with Crippen molar-refractivity contribution in [3.05, 3.63) is 59.7 Å². The Morgan fingerprint density at radius 3 is 2.75 bits per heavy atom. The predicted octanol–water partition coefficient (Wildman–Crippen LogP) is 2.64. The molecule has 5 heteroatoms. The van der Waals surface area contributed by atoms with E-state index in [-0.39, 0.29) is 19.4 Å². The molecule has 128 valence electrons. The number of aliphatic hydroxyl groups excluding tert-OH is 1. The van der Waals surface area contributed by atoms with Crippen molar-refractivity contribution in [2.24, 2.45) is 0 Å². The van der Waals surface area contributed by atoms with Gasteiger partial charge in [-0.25, -0.2) is 0 Å². The molecule has 0 aliphatic carbocycles. The van der Waals surface area contributed by atoms with E-state index in [1.807, 2.05) is 36.4 Å². The molecule has 0 spiro atoms. The van der Waals surface area contributed by atoms with Crippen LogP contribution in [-0.2, 0) is 11.3 Å². The topological polar surface area (TPSA) is 60.0 Å². The van der Waals surface area contributed by atoms with Gasteiger partial charge in [0.1, 0.15) is 0 Å². The maximum atomic E-state index is 10.0. The Labute approximate surface area is 142 Å². The van der Waals surface area contributed by atoms with Gasteiger partial charge in [0.15, 0.2) is 11.5 Å². The summed E-state index contributed by atoms with van der Waals surface area (Å²) in [6.07, 6.45) is -0.551. The zero-order valence-corrected chi connectivity index (χ0v) is 13.8. The zero-order valence-electron chi connectivity index (χ0n) is 13.8. The van der Waals surface area contributed by atoms with E-state index in [9.17, 15) is 5.11 Å². The van der Waals surface area contributed by atoms with E-state index < -0.39 is 6.10 Å². The summed E-state index contributed by atoms with van der Waals surface area (Å²) >= 11 is 0. The van der Waals surface area contributed by atoms with Crippen molar-refractivity contribution in [3.8, 4) is 11.5 Å². The molecule has 5 nitrogen and oxygen atoms in total. The van der Waals surface area contributed by atoms with Crippen molar-refractivity contribution in [2.75, 3.05) is 19.9 Å². The number of fused-ring (bicyclic) bond motifs is 1. The minimum atomic E-state index is -0.551. The molecule has 0 saturated heterocycles. The summed E-state index contributed by atoms with van der Waals surface area (Å²) in [6.45, 7) is 3.54. The Kier molecular flexibility index (Phi) is 5.69. The molecular formula is C19H23NO4. The van der Waals surface area contributed by atoms with Crippen LogP contribution in [-0.4, -0.2) is 31.2 Å². The van der Waals surface area contributed by atoms with Gasteiger partial charge in [-0.05, 0) is 30.2 Å². The molecule has 0 saturated carbocycles. The van der Waals surface area contributed by atoms with E-state index in [1.54, 1.807) is 0 Å². The molecule has 2 atom stereocenters. The summed E-state index contributed by atoms with van der Waals surface area (Å²) in [7, 11) is 0. The Hall–Kier alpha value is -2.08. The highest BCUT2D eigenvalue weighted by Gasteiger charge is 2.13. The van der Waals surface area contributed by atoms with Gasteiger partial charge in [-0.1, -0.05) is 36.4 Å². The summed E-state index contributed by atoms with van der Waals surface area (Å²) in [5.74, 6) is 1.51. The van der Waals surface area contributed by atoms with Gasteiger partial charge in [-0.15, -0.1) is 0 Å². The number of nitrogens with one attached hydrogen (secondary N) is 1. The van der Waals surface area contributed by atoms with E-state index in [4.69, 9.17) is 14.2 Å². The molecule has 2 N–H and O–H groups in total. The molecule has 0 unspecified atom stereocenters. The number of hydrogen-bond acceptors (Lipinski definition) is 5. The molecule has 0 radical (unpaired) electrons. The maximum Gasteiger partial charge on any atom is 0.231 e. The smallest absolute Gasteiger partial charge is 0.231 e. The average Bonchev–Trinajstić information content (AvgIpc) is 3.08. The van der Waals surface area contributed by atoms with Crippen molar-refractivity contribution in [1.29, 1.82) is 0 Å². The van der Waals surface area contributed by atoms with Gasteiger partial charge >= 0.3 is 0 Å². The van der Waals surface area contributed by atoms with E-state index in [1.165, 1.54) is 5.56 Å². The van der Waals surface area contributed by atoms with Gasteiger partial charge in [-0.3, -0.25) is 0 Å². The second-order valence-electron chi connectivity index (χ2n) is 5.90. The highest BCUT2D eigenvalue weighted by molar-refractivity contribution is 5.44. The SMILES string of the molecule is C[C@@H](NC[C@H](O)COCc1ccc2c(c1)OCO2)c1ccccc1. The molecule has 0 fully saturated rings. The lowest BCUT2D eigenvalue weighted by molar-refractivity contribution is 0.0278. The third-order valence-corrected chi connectivity index (χ3v) is 3.98. The fourth-order valence-corrected chi connectivity index (χ4v) is 2.57. The van der Waals surface area contributed by atoms with E-state index in [0.717, 1.165) is 17.1 Å². The fourth-order valence-electron chi connectivity index (χ4n) is 2.57. The van der Waals surface area contributed by atoms with Crippen molar-refractivity contribution in [1.82, 2.24) is 5.32 Å². The number of rotatable bonds is 8. The number of benzene rings is 2. The van der Waals surface area contributed by atoms with Gasteiger partial charge in [-0.2, -0.15) is 0 Å². The second kappa shape index (κ2) is 8.15. The molecule has 1 aliphatic rings. The Morgan fingerprint density at radius 2 is 1.92 bits per heavy atom. The molecule has 2 aromatic rings. The van der Waals surface area contributed by atoms with Crippen LogP contribution in [0.3, 0.4) is 0 Å². The van der Waals surface area contributed by atoms with Crippen LogP contribution in [0.25, 0.3) is 0 Å². The van der Waals surface area contributed by atoms with Crippen molar-refractivity contribution in [3.63, 3.8) is 0 Å². The van der Waals surface area contributed by atoms with Crippen LogP contribution in [0.1, 0.15) is 24.1 Å². The third kappa shape index (κ3) is 4.47. The molecule has 2 aromatic carbocycles. The monoisotopic (exact) mass is 329 g/mol. The van der Waals surface area contributed by atoms with Crippen molar-refractivity contribution >= 4 is 0 Å². The lowest BCUT2D eigenvalue weighted by atomic mass is 10.1. The van der Waals surface area contributed by atoms with Crippen LogP contribution in [0.4, 0.5) is 0 Å². The summed E-state index contributed by atoms with van der Waals surface area (Å²) < 4.78 is 16.2. The molecule has 0 amide bonds. The number of aliphatic hydroxyl groups is 1. The molecule has 0 aromatic heterocycles. The van der Waals surface area contributed by atoms with Crippen molar-refractivity contribution in [2.45, 2.75) is 25.7 Å². The maximum absolute atomic E-state index is 10.0. The first-order valence-electron chi connectivity index (χ1n) is 8.15. The Balaban J connectivity index is 1.37. The first kappa shape index (κ1) is 16.8. The normalized spacial score (nSPS) is 15.2. The molecule has 0 bridgehead atoms. The Bertz CT molecular complexity index is 647. The summed E-state index contributed by atoms with van der Waals surface area (Å²) in [5, 5.41) is 13.4. The van der Waals surface area contributed by atoms with E-state index in [2.05, 4.69) is 24.4 Å². The minimum absolute atomic E-state index is 0.190. The molecule has 1 aliphatic heterocycles. The fraction of sp³-hybridized carbons (Fsp3) is 0.368. The number of hydrogen-bond donors (Lipinski definition) is 2. The molecular weight excluding hydrogens is 306 g/mol. The summed E-state index contributed by atoms with van der Waals surface area (Å²) in [5.41, 5.74) is 2.20. The van der Waals surface area contributed by atoms with Crippen LogP contribution >= 0.6 is 0 Å². The standard InChI is InChI=1S/C19H23NO4/c1-14(16-5-3-2-4-6-16)20-10-17(21)12-22-11-15-7-8-18-19(9-15)24-13-23-18/h2-9,14,17,20-21H,10-13H2,1H3/t14-,17+/m1/s1. The zero-order chi connectivity index (χ0) is 16.8. The highest BCUT2D eigenvalue weighted by atomic mass is 16.7. The lowest BCUT2D eigenvalue weighted by Gasteiger charge is -2.17. The van der Waals surface area contributed by atoms with Gasteiger partial charge < -0.3 is 24.6 Å². The first-order chi connectivity index (χ1) is 11.7. The predicted molar refractivity (Wildman–Crippen MR) is 91.1 cm³/mol. The van der Waals surface area contributed by atoms with Crippen LogP contribution in [0.2, 0.25) is 0 Å². The van der Waals surface area contributed by atoms with E-state index >= 15 is 0 Å². The lowest BCUT2D eigenvalue weighted by Crippen LogP contribution is -2.32. The summed E-state index contributed by atoms with van der Waals surface area (Å²) in [6, 6.07) is 16.1. The minimum Gasteiger partial charge on any atom is -0.454 e. The van der Waals surface area contributed by atoms with Gasteiger partial charge in [0, 0.05) is 12.6 Å². The van der Waals surface area contributed by atoms with Crippen molar-refractivity contribution < 1.29 is 19.3 Å². The van der Waals surface area contributed by atoms with Gasteiger partial charge in [0.2, 0.25) is 6.79 Å². The largest absolute Gasteiger partial charge is 0.454 e. The molecule has 3 rings (SSSR count). The highest BCUT2D eigenvalue weighted by Crippen LogP contribution is 2.32. The Morgan fingerprint density at radius 1 is 1.12 bits per heavy atom. The summed E-state index contributed by atoms with van der Waals surface area (Å²) in [4.78, 5) is 0. The average molecular weight is 329 g/mol. The van der Waals surface area contributed by atoms with Gasteiger partial charge in [0.05, 0.1) is 19.3 Å². The number of ether oxygens (including phenoxy) is 3. The molecule has 24 heavy (non-hydrogen) atoms. The third-order valence-electron chi connectivity index (χ3n) is 3.98. The first-order valence-corrected chi connectivity index (χ1v) is 8.15. The van der Waals surface area contributed by atoms with Crippen LogP contribution in [0.5, 0.6) is 11.5 Å². The van der Waals surface area contributed by atoms with Crippen LogP contribution in [0.15, 0.2) is 48.5 Å². The van der Waals surface area contributed by atoms with Gasteiger partial charge in [0.25, 0.3) is 0 Å². The quantitative estimate of drug-likeness (QED) is 0.780. The van der Waals surface area contributed by atoms with Crippen LogP contribution in [0, 0.1) is 0 Å².